The minimum absolute atomic E-state index is 0.0907. The lowest BCUT2D eigenvalue weighted by atomic mass is 9.92. The number of phenolic OH excluding ortho intramolecular Hbond substituents is 1. The monoisotopic (exact) mass is 290 g/mol. The Morgan fingerprint density at radius 3 is 2.62 bits per heavy atom. The maximum atomic E-state index is 10.6. The summed E-state index contributed by atoms with van der Waals surface area (Å²) in [5, 5.41) is 22.2. The first-order valence-electron chi connectivity index (χ1n) is 6.77. The van der Waals surface area contributed by atoms with Crippen molar-refractivity contribution in [2.75, 3.05) is 14.2 Å². The first-order valence-corrected chi connectivity index (χ1v) is 6.77. The fraction of sp³-hybridized carbons (Fsp3) is 0.375. The Kier molecular flexibility index (Phi) is 3.39. The average Bonchev–Trinajstić information content (AvgIpc) is 2.50. The largest absolute Gasteiger partial charge is 0.507 e. The fourth-order valence-corrected chi connectivity index (χ4v) is 2.77. The first-order chi connectivity index (χ1) is 10.1. The van der Waals surface area contributed by atoms with Gasteiger partial charge in [-0.1, -0.05) is 0 Å². The van der Waals surface area contributed by atoms with Crippen LogP contribution >= 0.6 is 0 Å². The van der Waals surface area contributed by atoms with Gasteiger partial charge in [0.05, 0.1) is 32.3 Å². The number of fused-ring (bicyclic) bond motifs is 2. The summed E-state index contributed by atoms with van der Waals surface area (Å²) in [6.45, 7) is 2.07. The molecule has 2 N–H and O–H groups in total. The highest BCUT2D eigenvalue weighted by Crippen LogP contribution is 2.44. The summed E-state index contributed by atoms with van der Waals surface area (Å²) in [6.07, 6.45) is -1.07. The van der Waals surface area contributed by atoms with Crippen LogP contribution in [0.4, 0.5) is 0 Å². The van der Waals surface area contributed by atoms with Gasteiger partial charge in [-0.3, -0.25) is 0 Å². The maximum absolute atomic E-state index is 10.6. The molecule has 0 fully saturated rings. The van der Waals surface area contributed by atoms with Gasteiger partial charge in [0, 0.05) is 11.6 Å². The standard InChI is InChI=1S/C16H18O5/c1-8-15(17)11-5-9-4-10(19-2)6-13(20-3)14(9)16(18)12(11)7-21-8/h4-6,8,15,17-18H,7H2,1-3H3/t8-,15+/m0/s1. The van der Waals surface area contributed by atoms with Crippen molar-refractivity contribution in [3.05, 3.63) is 29.3 Å². The van der Waals surface area contributed by atoms with E-state index in [1.165, 1.54) is 0 Å². The SMILES string of the molecule is COc1cc(OC)c2c(O)c3c(cc2c1)[C@H](O)[C@H](C)OC3. The van der Waals surface area contributed by atoms with Gasteiger partial charge >= 0.3 is 0 Å². The highest BCUT2D eigenvalue weighted by Gasteiger charge is 2.29. The van der Waals surface area contributed by atoms with E-state index in [0.29, 0.717) is 28.0 Å². The van der Waals surface area contributed by atoms with Crippen molar-refractivity contribution in [2.24, 2.45) is 0 Å². The second-order valence-corrected chi connectivity index (χ2v) is 5.18. The Balaban J connectivity index is 2.33. The van der Waals surface area contributed by atoms with Crippen LogP contribution in [-0.4, -0.2) is 30.5 Å². The summed E-state index contributed by atoms with van der Waals surface area (Å²) in [6, 6.07) is 5.39. The van der Waals surface area contributed by atoms with Gasteiger partial charge in [-0.25, -0.2) is 0 Å². The summed E-state index contributed by atoms with van der Waals surface area (Å²) in [4.78, 5) is 0. The molecule has 21 heavy (non-hydrogen) atoms. The van der Waals surface area contributed by atoms with Gasteiger partial charge in [0.2, 0.25) is 0 Å². The number of methoxy groups -OCH3 is 2. The van der Waals surface area contributed by atoms with E-state index < -0.39 is 6.10 Å². The number of aliphatic hydroxyl groups excluding tert-OH is 1. The number of hydrogen-bond acceptors (Lipinski definition) is 5. The van der Waals surface area contributed by atoms with Crippen LogP contribution in [0.3, 0.4) is 0 Å². The molecular weight excluding hydrogens is 272 g/mol. The molecule has 0 aromatic heterocycles. The Hall–Kier alpha value is -1.98. The van der Waals surface area contributed by atoms with E-state index in [9.17, 15) is 10.2 Å². The van der Waals surface area contributed by atoms with E-state index in [4.69, 9.17) is 14.2 Å². The summed E-state index contributed by atoms with van der Waals surface area (Å²) >= 11 is 0. The van der Waals surface area contributed by atoms with E-state index >= 15 is 0 Å². The van der Waals surface area contributed by atoms with Crippen LogP contribution < -0.4 is 9.47 Å². The molecule has 2 aromatic carbocycles. The molecule has 0 aliphatic carbocycles. The van der Waals surface area contributed by atoms with Gasteiger partial charge in [0.1, 0.15) is 23.4 Å². The molecule has 112 valence electrons. The smallest absolute Gasteiger partial charge is 0.134 e. The van der Waals surface area contributed by atoms with Crippen molar-refractivity contribution in [2.45, 2.75) is 25.7 Å². The normalized spacial score (nSPS) is 21.1. The van der Waals surface area contributed by atoms with E-state index in [-0.39, 0.29) is 18.5 Å². The van der Waals surface area contributed by atoms with Crippen molar-refractivity contribution in [3.8, 4) is 17.2 Å². The van der Waals surface area contributed by atoms with Crippen molar-refractivity contribution >= 4 is 10.8 Å². The first kappa shape index (κ1) is 14.0. The summed E-state index contributed by atoms with van der Waals surface area (Å²) < 4.78 is 16.1. The molecular formula is C16H18O5. The van der Waals surface area contributed by atoms with Crippen LogP contribution in [0.1, 0.15) is 24.2 Å². The fourth-order valence-electron chi connectivity index (χ4n) is 2.77. The second kappa shape index (κ2) is 5.09. The molecule has 0 radical (unpaired) electrons. The quantitative estimate of drug-likeness (QED) is 0.889. The lowest BCUT2D eigenvalue weighted by molar-refractivity contribution is -0.0530. The van der Waals surface area contributed by atoms with Crippen LogP contribution in [0.25, 0.3) is 10.8 Å². The molecule has 2 aromatic rings. The molecule has 3 rings (SSSR count). The van der Waals surface area contributed by atoms with Crippen LogP contribution in [0, 0.1) is 0 Å². The Morgan fingerprint density at radius 1 is 1.19 bits per heavy atom. The van der Waals surface area contributed by atoms with Crippen LogP contribution in [0.15, 0.2) is 18.2 Å². The summed E-state index contributed by atoms with van der Waals surface area (Å²) in [5.41, 5.74) is 1.30. The zero-order valence-electron chi connectivity index (χ0n) is 12.2. The van der Waals surface area contributed by atoms with Crippen molar-refractivity contribution in [1.82, 2.24) is 0 Å². The molecule has 5 nitrogen and oxygen atoms in total. The number of aromatic hydroxyl groups is 1. The Bertz CT molecular complexity index is 695. The Morgan fingerprint density at radius 2 is 1.95 bits per heavy atom. The van der Waals surface area contributed by atoms with Crippen molar-refractivity contribution < 1.29 is 24.4 Å². The van der Waals surface area contributed by atoms with Crippen molar-refractivity contribution in [3.63, 3.8) is 0 Å². The lowest BCUT2D eigenvalue weighted by Crippen LogP contribution is -2.25. The van der Waals surface area contributed by atoms with Crippen LogP contribution in [0.5, 0.6) is 17.2 Å². The molecule has 0 saturated heterocycles. The molecule has 2 atom stereocenters. The zero-order valence-corrected chi connectivity index (χ0v) is 12.2. The summed E-state index contributed by atoms with van der Waals surface area (Å²) in [5.74, 6) is 1.25. The van der Waals surface area contributed by atoms with Crippen LogP contribution in [0.2, 0.25) is 0 Å². The molecule has 5 heteroatoms. The highest BCUT2D eigenvalue weighted by atomic mass is 16.5. The van der Waals surface area contributed by atoms with Crippen LogP contribution in [-0.2, 0) is 11.3 Å². The number of phenols is 1. The third-order valence-electron chi connectivity index (χ3n) is 4.00. The minimum atomic E-state index is -0.763. The van der Waals surface area contributed by atoms with E-state index in [0.717, 1.165) is 5.39 Å². The van der Waals surface area contributed by atoms with Gasteiger partial charge < -0.3 is 24.4 Å². The predicted octanol–water partition coefficient (Wildman–Crippen LogP) is 2.51. The van der Waals surface area contributed by atoms with E-state index in [1.54, 1.807) is 27.2 Å². The molecule has 0 unspecified atom stereocenters. The number of hydrogen-bond donors (Lipinski definition) is 2. The lowest BCUT2D eigenvalue weighted by Gasteiger charge is -2.29. The molecule has 0 bridgehead atoms. The van der Waals surface area contributed by atoms with E-state index in [2.05, 4.69) is 0 Å². The topological polar surface area (TPSA) is 68.2 Å². The predicted molar refractivity (Wildman–Crippen MR) is 77.9 cm³/mol. The van der Waals surface area contributed by atoms with Gasteiger partial charge in [-0.05, 0) is 30.0 Å². The zero-order chi connectivity index (χ0) is 15.1. The maximum Gasteiger partial charge on any atom is 0.134 e. The van der Waals surface area contributed by atoms with E-state index in [1.807, 2.05) is 12.1 Å². The Labute approximate surface area is 122 Å². The number of ether oxygens (including phenoxy) is 3. The second-order valence-electron chi connectivity index (χ2n) is 5.18. The third-order valence-corrected chi connectivity index (χ3v) is 4.00. The average molecular weight is 290 g/mol. The molecule has 0 saturated carbocycles. The number of aliphatic hydroxyl groups is 1. The number of benzene rings is 2. The van der Waals surface area contributed by atoms with Gasteiger partial charge in [0.25, 0.3) is 0 Å². The number of rotatable bonds is 2. The molecule has 1 heterocycles. The molecule has 0 amide bonds. The van der Waals surface area contributed by atoms with Gasteiger partial charge in [0.15, 0.2) is 0 Å². The summed E-state index contributed by atoms with van der Waals surface area (Å²) in [7, 11) is 3.12. The molecule has 0 spiro atoms. The molecule has 1 aliphatic heterocycles. The third kappa shape index (κ3) is 2.09. The van der Waals surface area contributed by atoms with Gasteiger partial charge in [-0.15, -0.1) is 0 Å². The highest BCUT2D eigenvalue weighted by molar-refractivity contribution is 5.96. The molecule has 1 aliphatic rings. The van der Waals surface area contributed by atoms with Gasteiger partial charge in [-0.2, -0.15) is 0 Å². The van der Waals surface area contributed by atoms with Crippen molar-refractivity contribution in [1.29, 1.82) is 0 Å². The minimum Gasteiger partial charge on any atom is -0.507 e.